The number of hydrogen-bond donors (Lipinski definition) is 2. The summed E-state index contributed by atoms with van der Waals surface area (Å²) in [6.45, 7) is 1.16. The molecule has 0 heterocycles. The van der Waals surface area contributed by atoms with Gasteiger partial charge in [0.2, 0.25) is 0 Å². The molecule has 0 aromatic heterocycles. The highest BCUT2D eigenvalue weighted by Gasteiger charge is 2.30. The van der Waals surface area contributed by atoms with Gasteiger partial charge in [0.25, 0.3) is 0 Å². The van der Waals surface area contributed by atoms with Crippen molar-refractivity contribution < 1.29 is 24.2 Å². The number of carbonyl (C=O) groups is 3. The van der Waals surface area contributed by atoms with Gasteiger partial charge in [-0.15, -0.1) is 0 Å². The summed E-state index contributed by atoms with van der Waals surface area (Å²) in [5.41, 5.74) is 4.30. The molecular formula is C19H17NO5. The Morgan fingerprint density at radius 2 is 1.56 bits per heavy atom. The molecule has 0 fully saturated rings. The van der Waals surface area contributed by atoms with Gasteiger partial charge in [0, 0.05) is 5.92 Å². The monoisotopic (exact) mass is 339 g/mol. The highest BCUT2D eigenvalue weighted by molar-refractivity contribution is 6.03. The lowest BCUT2D eigenvalue weighted by atomic mass is 9.98. The molecule has 1 unspecified atom stereocenters. The molecule has 1 aliphatic carbocycles. The van der Waals surface area contributed by atoms with Crippen molar-refractivity contribution >= 4 is 17.8 Å². The fourth-order valence-corrected chi connectivity index (χ4v) is 3.10. The summed E-state index contributed by atoms with van der Waals surface area (Å²) >= 11 is 0. The number of alkyl carbamates (subject to hydrolysis) is 1. The van der Waals surface area contributed by atoms with Crippen LogP contribution in [0.5, 0.6) is 0 Å². The SMILES string of the molecule is CC(=O)C(NC(=O)OCC1c2ccccc2-c2ccccc21)C(=O)O. The smallest absolute Gasteiger partial charge is 0.408 e. The molecule has 0 bridgehead atoms. The molecule has 1 aliphatic rings. The predicted molar refractivity (Wildman–Crippen MR) is 90.3 cm³/mol. The molecular weight excluding hydrogens is 322 g/mol. The third kappa shape index (κ3) is 3.24. The molecule has 0 aliphatic heterocycles. The molecule has 2 aromatic rings. The third-order valence-electron chi connectivity index (χ3n) is 4.26. The van der Waals surface area contributed by atoms with Gasteiger partial charge in [-0.1, -0.05) is 48.5 Å². The van der Waals surface area contributed by atoms with Gasteiger partial charge in [-0.05, 0) is 29.2 Å². The number of aliphatic carboxylic acids is 1. The third-order valence-corrected chi connectivity index (χ3v) is 4.26. The van der Waals surface area contributed by atoms with Gasteiger partial charge in [0.05, 0.1) is 0 Å². The van der Waals surface area contributed by atoms with Gasteiger partial charge in [-0.3, -0.25) is 4.79 Å². The van der Waals surface area contributed by atoms with E-state index in [9.17, 15) is 14.4 Å². The number of carbonyl (C=O) groups excluding carboxylic acids is 2. The van der Waals surface area contributed by atoms with Gasteiger partial charge < -0.3 is 15.2 Å². The molecule has 2 N–H and O–H groups in total. The van der Waals surface area contributed by atoms with E-state index in [1.54, 1.807) is 0 Å². The van der Waals surface area contributed by atoms with Crippen molar-refractivity contribution in [3.63, 3.8) is 0 Å². The molecule has 6 nitrogen and oxygen atoms in total. The first-order valence-corrected chi connectivity index (χ1v) is 7.84. The summed E-state index contributed by atoms with van der Waals surface area (Å²) < 4.78 is 5.20. The quantitative estimate of drug-likeness (QED) is 0.817. The van der Waals surface area contributed by atoms with Crippen molar-refractivity contribution in [3.8, 4) is 11.1 Å². The van der Waals surface area contributed by atoms with Crippen molar-refractivity contribution in [2.24, 2.45) is 0 Å². The number of carboxylic acid groups (broad SMARTS) is 1. The molecule has 3 rings (SSSR count). The average molecular weight is 339 g/mol. The van der Waals surface area contributed by atoms with Crippen molar-refractivity contribution in [3.05, 3.63) is 59.7 Å². The van der Waals surface area contributed by atoms with E-state index in [1.807, 2.05) is 48.5 Å². The maximum absolute atomic E-state index is 11.9. The molecule has 1 atom stereocenters. The Bertz CT molecular complexity index is 786. The molecule has 6 heteroatoms. The molecule has 0 saturated carbocycles. The fourth-order valence-electron chi connectivity index (χ4n) is 3.10. The minimum Gasteiger partial charge on any atom is -0.479 e. The first-order chi connectivity index (χ1) is 12.0. The van der Waals surface area contributed by atoms with E-state index in [-0.39, 0.29) is 12.5 Å². The Morgan fingerprint density at radius 3 is 2.04 bits per heavy atom. The van der Waals surface area contributed by atoms with E-state index in [1.165, 1.54) is 0 Å². The Hall–Kier alpha value is -3.15. The average Bonchev–Trinajstić information content (AvgIpc) is 2.91. The van der Waals surface area contributed by atoms with E-state index in [2.05, 4.69) is 5.32 Å². The summed E-state index contributed by atoms with van der Waals surface area (Å²) in [6.07, 6.45) is -0.926. The summed E-state index contributed by atoms with van der Waals surface area (Å²) in [6, 6.07) is 14.2. The Balaban J connectivity index is 1.74. The van der Waals surface area contributed by atoms with Crippen LogP contribution >= 0.6 is 0 Å². The van der Waals surface area contributed by atoms with Crippen LogP contribution in [0.4, 0.5) is 4.79 Å². The predicted octanol–water partition coefficient (Wildman–Crippen LogP) is 2.57. The van der Waals surface area contributed by atoms with Gasteiger partial charge >= 0.3 is 12.1 Å². The zero-order valence-electron chi connectivity index (χ0n) is 13.6. The van der Waals surface area contributed by atoms with Crippen molar-refractivity contribution in [2.45, 2.75) is 18.9 Å². The molecule has 128 valence electrons. The molecule has 0 saturated heterocycles. The van der Waals surface area contributed by atoms with Crippen molar-refractivity contribution in [1.29, 1.82) is 0 Å². The molecule has 2 aromatic carbocycles. The lowest BCUT2D eigenvalue weighted by Crippen LogP contribution is -2.45. The van der Waals surface area contributed by atoms with Gasteiger partial charge in [-0.2, -0.15) is 0 Å². The van der Waals surface area contributed by atoms with Crippen molar-refractivity contribution in [1.82, 2.24) is 5.32 Å². The number of amides is 1. The van der Waals surface area contributed by atoms with Crippen molar-refractivity contribution in [2.75, 3.05) is 6.61 Å². The molecule has 0 spiro atoms. The highest BCUT2D eigenvalue weighted by Crippen LogP contribution is 2.44. The van der Waals surface area contributed by atoms with Crippen LogP contribution < -0.4 is 5.32 Å². The Kier molecular flexibility index (Phi) is 4.52. The number of Topliss-reactive ketones (excluding diaryl/α,β-unsaturated/α-hetero) is 1. The Morgan fingerprint density at radius 1 is 1.04 bits per heavy atom. The number of ketones is 1. The lowest BCUT2D eigenvalue weighted by Gasteiger charge is -2.16. The number of hydrogen-bond acceptors (Lipinski definition) is 4. The number of carboxylic acids is 1. The zero-order chi connectivity index (χ0) is 18.0. The summed E-state index contributed by atoms with van der Waals surface area (Å²) in [5, 5.41) is 11.0. The van der Waals surface area contributed by atoms with Crippen LogP contribution in [0.1, 0.15) is 24.0 Å². The summed E-state index contributed by atoms with van der Waals surface area (Å²) in [4.78, 5) is 34.1. The topological polar surface area (TPSA) is 92.7 Å². The fraction of sp³-hybridized carbons (Fsp3) is 0.211. The van der Waals surface area contributed by atoms with E-state index < -0.39 is 23.9 Å². The van der Waals surface area contributed by atoms with Crippen LogP contribution in [-0.4, -0.2) is 35.6 Å². The first-order valence-electron chi connectivity index (χ1n) is 7.84. The van der Waals surface area contributed by atoms with E-state index in [0.717, 1.165) is 29.2 Å². The van der Waals surface area contributed by atoms with Gasteiger partial charge in [0.15, 0.2) is 11.8 Å². The maximum atomic E-state index is 11.9. The second-order valence-corrected chi connectivity index (χ2v) is 5.85. The lowest BCUT2D eigenvalue weighted by molar-refractivity contribution is -0.142. The van der Waals surface area contributed by atoms with Crippen LogP contribution in [0.15, 0.2) is 48.5 Å². The number of nitrogens with one attached hydrogen (secondary N) is 1. The number of rotatable bonds is 5. The largest absolute Gasteiger partial charge is 0.479 e. The standard InChI is InChI=1S/C19H17NO5/c1-11(21)17(18(22)23)20-19(24)25-10-16-14-8-4-2-6-12(14)13-7-3-5-9-15(13)16/h2-9,16-17H,10H2,1H3,(H,20,24)(H,22,23). The maximum Gasteiger partial charge on any atom is 0.408 e. The highest BCUT2D eigenvalue weighted by atomic mass is 16.5. The van der Waals surface area contributed by atoms with Crippen LogP contribution in [0.3, 0.4) is 0 Å². The second kappa shape index (κ2) is 6.76. The van der Waals surface area contributed by atoms with Gasteiger partial charge in [0.1, 0.15) is 6.61 Å². The van der Waals surface area contributed by atoms with E-state index >= 15 is 0 Å². The number of ether oxygens (including phenoxy) is 1. The summed E-state index contributed by atoms with van der Waals surface area (Å²) in [7, 11) is 0. The molecule has 1 amide bonds. The number of benzene rings is 2. The minimum atomic E-state index is -1.60. The van der Waals surface area contributed by atoms with Crippen LogP contribution in [-0.2, 0) is 14.3 Å². The van der Waals surface area contributed by atoms with Gasteiger partial charge in [-0.25, -0.2) is 9.59 Å². The minimum absolute atomic E-state index is 0.0596. The molecule has 0 radical (unpaired) electrons. The Labute approximate surface area is 144 Å². The molecule has 25 heavy (non-hydrogen) atoms. The number of fused-ring (bicyclic) bond motifs is 3. The van der Waals surface area contributed by atoms with Crippen LogP contribution in [0, 0.1) is 0 Å². The normalized spacial score (nSPS) is 13.5. The van der Waals surface area contributed by atoms with E-state index in [4.69, 9.17) is 9.84 Å². The van der Waals surface area contributed by atoms with Crippen LogP contribution in [0.2, 0.25) is 0 Å². The first kappa shape index (κ1) is 16.7. The zero-order valence-corrected chi connectivity index (χ0v) is 13.6. The van der Waals surface area contributed by atoms with Crippen LogP contribution in [0.25, 0.3) is 11.1 Å². The summed E-state index contributed by atoms with van der Waals surface area (Å²) in [5.74, 6) is -2.21. The second-order valence-electron chi connectivity index (χ2n) is 5.85. The van der Waals surface area contributed by atoms with E-state index in [0.29, 0.717) is 0 Å².